The van der Waals surface area contributed by atoms with Gasteiger partial charge < -0.3 is 0 Å². The molecule has 0 atom stereocenters. The van der Waals surface area contributed by atoms with Crippen molar-refractivity contribution in [2.24, 2.45) is 5.10 Å². The normalized spacial score (nSPS) is 10.7. The average Bonchev–Trinajstić information content (AvgIpc) is 3.17. The van der Waals surface area contributed by atoms with Crippen molar-refractivity contribution in [3.63, 3.8) is 0 Å². The van der Waals surface area contributed by atoms with Gasteiger partial charge in [0.2, 0.25) is 5.82 Å². The van der Waals surface area contributed by atoms with E-state index in [-0.39, 0.29) is 33.7 Å². The largest absolute Gasteiger partial charge is 0.288 e. The summed E-state index contributed by atoms with van der Waals surface area (Å²) in [7, 11) is 0. The number of halogens is 2. The molecule has 2 aromatic carbocycles. The van der Waals surface area contributed by atoms with E-state index in [1.54, 1.807) is 24.3 Å². The van der Waals surface area contributed by atoms with E-state index in [0.29, 0.717) is 11.1 Å². The van der Waals surface area contributed by atoms with Crippen LogP contribution < -0.4 is 5.43 Å². The van der Waals surface area contributed by atoms with Gasteiger partial charge in [0.1, 0.15) is 11.6 Å². The van der Waals surface area contributed by atoms with E-state index in [0.717, 1.165) is 17.1 Å². The predicted octanol–water partition coefficient (Wildman–Crippen LogP) is 2.58. The number of carbonyl (C=O) groups is 1. The summed E-state index contributed by atoms with van der Waals surface area (Å²) in [6.45, 7) is -0.298. The average molecular weight is 445 g/mol. The number of hydrogen-bond donors (Lipinski definition) is 1. The highest BCUT2D eigenvalue weighted by Gasteiger charge is 2.15. The molecule has 1 amide bonds. The summed E-state index contributed by atoms with van der Waals surface area (Å²) >= 11 is 11.7. The Hall–Kier alpha value is -3.88. The minimum Gasteiger partial charge on any atom is -0.271 e. The zero-order valence-electron chi connectivity index (χ0n) is 14.9. The van der Waals surface area contributed by atoms with Gasteiger partial charge in [-0.15, -0.1) is 10.2 Å². The number of nitrogens with one attached hydrogen (secondary N) is 1. The molecule has 0 radical (unpaired) electrons. The summed E-state index contributed by atoms with van der Waals surface area (Å²) in [6.07, 6.45) is 1.15. The Bertz CT molecular complexity index is 1200. The Morgan fingerprint density at radius 1 is 1.33 bits per heavy atom. The number of hydrogen-bond acceptors (Lipinski definition) is 8. The molecule has 0 bridgehead atoms. The number of benzene rings is 2. The Kier molecular flexibility index (Phi) is 6.31. The molecule has 0 unspecified atom stereocenters. The maximum Gasteiger partial charge on any atom is 0.288 e. The Labute approximate surface area is 178 Å². The van der Waals surface area contributed by atoms with Gasteiger partial charge in [-0.25, -0.2) is 5.43 Å². The minimum absolute atomic E-state index is 0.114. The summed E-state index contributed by atoms with van der Waals surface area (Å²) in [4.78, 5) is 23.3. The van der Waals surface area contributed by atoms with Crippen molar-refractivity contribution in [3.05, 3.63) is 67.7 Å². The van der Waals surface area contributed by atoms with Gasteiger partial charge in [0, 0.05) is 17.2 Å². The molecule has 1 aromatic heterocycles. The molecule has 1 N–H and O–H groups in total. The summed E-state index contributed by atoms with van der Waals surface area (Å²) in [5, 5.41) is 35.5. The van der Waals surface area contributed by atoms with Gasteiger partial charge in [-0.05, 0) is 23.4 Å². The lowest BCUT2D eigenvalue weighted by Crippen LogP contribution is -2.24. The molecule has 11 nitrogen and oxygen atoms in total. The van der Waals surface area contributed by atoms with Gasteiger partial charge >= 0.3 is 0 Å². The topological polar surface area (TPSA) is 152 Å². The number of carbonyl (C=O) groups excluding carboxylic acids is 1. The van der Waals surface area contributed by atoms with Crippen LogP contribution in [0.1, 0.15) is 11.1 Å². The lowest BCUT2D eigenvalue weighted by Gasteiger charge is -2.01. The van der Waals surface area contributed by atoms with Crippen LogP contribution in [0, 0.1) is 21.4 Å². The van der Waals surface area contributed by atoms with Crippen LogP contribution in [0.2, 0.25) is 10.0 Å². The zero-order valence-corrected chi connectivity index (χ0v) is 16.4. The molecule has 0 saturated carbocycles. The van der Waals surface area contributed by atoms with E-state index in [1.165, 1.54) is 6.07 Å². The van der Waals surface area contributed by atoms with Crippen molar-refractivity contribution in [1.82, 2.24) is 25.6 Å². The van der Waals surface area contributed by atoms with Crippen LogP contribution in [0.15, 0.2) is 41.5 Å². The lowest BCUT2D eigenvalue weighted by atomic mass is 10.1. The summed E-state index contributed by atoms with van der Waals surface area (Å²) in [6, 6.07) is 11.1. The third-order valence-electron chi connectivity index (χ3n) is 3.68. The Morgan fingerprint density at radius 3 is 2.83 bits per heavy atom. The molecule has 150 valence electrons. The summed E-state index contributed by atoms with van der Waals surface area (Å²) < 4.78 is 0. The molecule has 0 aliphatic heterocycles. The number of nitriles is 1. The molecule has 0 saturated heterocycles. The van der Waals surface area contributed by atoms with E-state index in [2.05, 4.69) is 25.9 Å². The lowest BCUT2D eigenvalue weighted by molar-refractivity contribution is -0.384. The van der Waals surface area contributed by atoms with Crippen molar-refractivity contribution in [2.45, 2.75) is 6.54 Å². The fourth-order valence-corrected chi connectivity index (χ4v) is 2.82. The molecule has 0 fully saturated rings. The number of hydrazone groups is 1. The second kappa shape index (κ2) is 9.08. The first kappa shape index (κ1) is 20.8. The van der Waals surface area contributed by atoms with E-state index < -0.39 is 10.8 Å². The summed E-state index contributed by atoms with van der Waals surface area (Å²) in [5.41, 5.74) is 2.95. The van der Waals surface area contributed by atoms with Crippen LogP contribution in [-0.4, -0.2) is 37.3 Å². The van der Waals surface area contributed by atoms with Crippen LogP contribution in [0.25, 0.3) is 11.4 Å². The van der Waals surface area contributed by atoms with Gasteiger partial charge in [0.25, 0.3) is 11.6 Å². The van der Waals surface area contributed by atoms with Crippen molar-refractivity contribution < 1.29 is 9.72 Å². The standard InChI is InChI=1S/C17H10Cl2N8O3/c18-13-6-14(19)15(27(29)30)5-11(13)8-21-22-16(28)9-26-24-17(23-25-26)12-4-2-1-3-10(12)7-20/h1-6,8H,9H2,(H,22,28)/b21-8-. The van der Waals surface area contributed by atoms with Gasteiger partial charge in [-0.1, -0.05) is 35.3 Å². The third-order valence-corrected chi connectivity index (χ3v) is 4.31. The Morgan fingerprint density at radius 2 is 2.10 bits per heavy atom. The third kappa shape index (κ3) is 4.75. The Balaban J connectivity index is 1.66. The molecular formula is C17H10Cl2N8O3. The molecular weight excluding hydrogens is 435 g/mol. The zero-order chi connectivity index (χ0) is 21.7. The highest BCUT2D eigenvalue weighted by molar-refractivity contribution is 6.37. The highest BCUT2D eigenvalue weighted by atomic mass is 35.5. The van der Waals surface area contributed by atoms with E-state index in [1.807, 2.05) is 6.07 Å². The number of aromatic nitrogens is 4. The molecule has 0 aliphatic rings. The van der Waals surface area contributed by atoms with E-state index >= 15 is 0 Å². The maximum absolute atomic E-state index is 12.0. The fraction of sp³-hybridized carbons (Fsp3) is 0.0588. The van der Waals surface area contributed by atoms with Crippen LogP contribution in [0.4, 0.5) is 5.69 Å². The minimum atomic E-state index is -0.660. The quantitative estimate of drug-likeness (QED) is 0.348. The van der Waals surface area contributed by atoms with Crippen molar-refractivity contribution >= 4 is 41.0 Å². The molecule has 3 rings (SSSR count). The predicted molar refractivity (Wildman–Crippen MR) is 107 cm³/mol. The van der Waals surface area contributed by atoms with E-state index in [9.17, 15) is 14.9 Å². The number of amides is 1. The molecule has 0 spiro atoms. The van der Waals surface area contributed by atoms with Crippen LogP contribution in [0.5, 0.6) is 0 Å². The SMILES string of the molecule is N#Cc1ccccc1-c1nnn(CC(=O)N/N=C\c2cc([N+](=O)[O-])c(Cl)cc2Cl)n1. The molecule has 13 heteroatoms. The fourth-order valence-electron chi connectivity index (χ4n) is 2.32. The van der Waals surface area contributed by atoms with Gasteiger partial charge in [0.15, 0.2) is 0 Å². The van der Waals surface area contributed by atoms with Gasteiger partial charge in [-0.3, -0.25) is 14.9 Å². The highest BCUT2D eigenvalue weighted by Crippen LogP contribution is 2.29. The first-order chi connectivity index (χ1) is 14.4. The first-order valence-electron chi connectivity index (χ1n) is 8.11. The van der Waals surface area contributed by atoms with Crippen LogP contribution >= 0.6 is 23.2 Å². The van der Waals surface area contributed by atoms with Gasteiger partial charge in [0.05, 0.1) is 27.8 Å². The smallest absolute Gasteiger partial charge is 0.271 e. The van der Waals surface area contributed by atoms with E-state index in [4.69, 9.17) is 28.5 Å². The summed E-state index contributed by atoms with van der Waals surface area (Å²) in [5.74, 6) is -0.382. The molecule has 1 heterocycles. The molecule has 0 aliphatic carbocycles. The molecule has 3 aromatic rings. The van der Waals surface area contributed by atoms with Crippen molar-refractivity contribution in [3.8, 4) is 17.5 Å². The number of tetrazole rings is 1. The van der Waals surface area contributed by atoms with Crippen LogP contribution in [-0.2, 0) is 11.3 Å². The number of nitrogens with zero attached hydrogens (tertiary/aromatic N) is 7. The maximum atomic E-state index is 12.0. The van der Waals surface area contributed by atoms with Crippen molar-refractivity contribution in [2.75, 3.05) is 0 Å². The second-order valence-corrected chi connectivity index (χ2v) is 6.49. The van der Waals surface area contributed by atoms with Gasteiger partial charge in [-0.2, -0.15) is 15.2 Å². The van der Waals surface area contributed by atoms with Crippen molar-refractivity contribution in [1.29, 1.82) is 5.26 Å². The number of nitro groups is 1. The first-order valence-corrected chi connectivity index (χ1v) is 8.87. The number of rotatable bonds is 6. The van der Waals surface area contributed by atoms with Crippen LogP contribution in [0.3, 0.4) is 0 Å². The second-order valence-electron chi connectivity index (χ2n) is 5.68. The monoisotopic (exact) mass is 444 g/mol. The molecule has 30 heavy (non-hydrogen) atoms. The number of nitro benzene ring substituents is 1.